The largest absolute Gasteiger partial charge is 0.308 e. The zero-order chi connectivity index (χ0) is 12.8. The lowest BCUT2D eigenvalue weighted by molar-refractivity contribution is 0.369. The second-order valence-corrected chi connectivity index (χ2v) is 6.66. The molecule has 0 radical (unpaired) electrons. The molecule has 0 spiro atoms. The van der Waals surface area contributed by atoms with Gasteiger partial charge in [-0.15, -0.1) is 0 Å². The van der Waals surface area contributed by atoms with Gasteiger partial charge in [0.1, 0.15) is 0 Å². The van der Waals surface area contributed by atoms with E-state index in [9.17, 15) is 0 Å². The lowest BCUT2D eigenvalue weighted by atomic mass is 10.1. The Morgan fingerprint density at radius 1 is 1.47 bits per heavy atom. The summed E-state index contributed by atoms with van der Waals surface area (Å²) < 4.78 is 3.24. The molecule has 5 heteroatoms. The summed E-state index contributed by atoms with van der Waals surface area (Å²) in [6, 6.07) is 0. The molecule has 0 aliphatic carbocycles. The monoisotopic (exact) mass is 365 g/mol. The van der Waals surface area contributed by atoms with Crippen LogP contribution in [0.2, 0.25) is 0 Å². The van der Waals surface area contributed by atoms with E-state index in [0.29, 0.717) is 4.83 Å². The van der Waals surface area contributed by atoms with Crippen molar-refractivity contribution in [2.45, 2.75) is 37.6 Å². The van der Waals surface area contributed by atoms with Gasteiger partial charge in [0.05, 0.1) is 22.9 Å². The number of aromatic nitrogens is 2. The molecule has 3 nitrogen and oxygen atoms in total. The molecule has 0 saturated carbocycles. The lowest BCUT2D eigenvalue weighted by Crippen LogP contribution is -2.20. The van der Waals surface area contributed by atoms with E-state index in [2.05, 4.69) is 67.6 Å². The van der Waals surface area contributed by atoms with E-state index in [4.69, 9.17) is 0 Å². The maximum Gasteiger partial charge on any atom is 0.0635 e. The minimum Gasteiger partial charge on any atom is -0.308 e. The van der Waals surface area contributed by atoms with Crippen LogP contribution >= 0.6 is 31.9 Å². The zero-order valence-corrected chi connectivity index (χ0v) is 14.0. The molecule has 0 N–H and O–H groups in total. The summed E-state index contributed by atoms with van der Waals surface area (Å²) in [5.74, 6) is 0. The first-order valence-corrected chi connectivity index (χ1v) is 7.74. The van der Waals surface area contributed by atoms with Crippen molar-refractivity contribution in [1.29, 1.82) is 0 Å². The molecule has 0 aliphatic rings. The first-order valence-electron chi connectivity index (χ1n) is 6.03. The topological polar surface area (TPSA) is 21.1 Å². The Morgan fingerprint density at radius 2 is 2.18 bits per heavy atom. The van der Waals surface area contributed by atoms with Gasteiger partial charge >= 0.3 is 0 Å². The standard InChI is InChI=1S/C12H21Br2N3/c1-4-10(13)5-6-12-11(14)9-15-17(12)8-7-16(2)3/h9-10H,4-8H2,1-3H3. The Morgan fingerprint density at radius 3 is 2.76 bits per heavy atom. The van der Waals surface area contributed by atoms with Gasteiger partial charge in [0.15, 0.2) is 0 Å². The molecule has 98 valence electrons. The van der Waals surface area contributed by atoms with Crippen LogP contribution in [0.4, 0.5) is 0 Å². The van der Waals surface area contributed by atoms with Crippen molar-refractivity contribution in [3.05, 3.63) is 16.4 Å². The van der Waals surface area contributed by atoms with Crippen molar-refractivity contribution in [3.63, 3.8) is 0 Å². The van der Waals surface area contributed by atoms with E-state index in [1.54, 1.807) is 0 Å². The highest BCUT2D eigenvalue weighted by Crippen LogP contribution is 2.20. The fourth-order valence-electron chi connectivity index (χ4n) is 1.62. The fraction of sp³-hybridized carbons (Fsp3) is 0.750. The van der Waals surface area contributed by atoms with E-state index in [1.165, 1.54) is 12.1 Å². The molecule has 0 aromatic carbocycles. The van der Waals surface area contributed by atoms with Crippen LogP contribution in [0.3, 0.4) is 0 Å². The van der Waals surface area contributed by atoms with E-state index in [0.717, 1.165) is 30.4 Å². The molecule has 0 saturated heterocycles. The van der Waals surface area contributed by atoms with Crippen molar-refractivity contribution in [3.8, 4) is 0 Å². The molecule has 1 unspecified atom stereocenters. The third-order valence-electron chi connectivity index (χ3n) is 2.79. The predicted molar refractivity (Wildman–Crippen MR) is 79.8 cm³/mol. The number of alkyl halides is 1. The van der Waals surface area contributed by atoms with Gasteiger partial charge in [0.25, 0.3) is 0 Å². The highest BCUT2D eigenvalue weighted by Gasteiger charge is 2.10. The first-order chi connectivity index (χ1) is 8.04. The summed E-state index contributed by atoms with van der Waals surface area (Å²) in [5.41, 5.74) is 1.31. The Labute approximate surface area is 121 Å². The van der Waals surface area contributed by atoms with Crippen molar-refractivity contribution in [2.75, 3.05) is 20.6 Å². The molecular weight excluding hydrogens is 346 g/mol. The maximum absolute atomic E-state index is 4.42. The molecule has 0 fully saturated rings. The first kappa shape index (κ1) is 15.2. The van der Waals surface area contributed by atoms with Crippen LogP contribution in [0.1, 0.15) is 25.5 Å². The maximum atomic E-state index is 4.42. The van der Waals surface area contributed by atoms with Crippen molar-refractivity contribution < 1.29 is 0 Å². The van der Waals surface area contributed by atoms with Gasteiger partial charge in [-0.3, -0.25) is 4.68 Å². The van der Waals surface area contributed by atoms with Gasteiger partial charge in [0, 0.05) is 11.4 Å². The molecule has 1 rings (SSSR count). The summed E-state index contributed by atoms with van der Waals surface area (Å²) in [6.45, 7) is 4.18. The van der Waals surface area contributed by atoms with Crippen LogP contribution in [0.5, 0.6) is 0 Å². The number of hydrogen-bond donors (Lipinski definition) is 0. The summed E-state index contributed by atoms with van der Waals surface area (Å²) in [5, 5.41) is 4.42. The van der Waals surface area contributed by atoms with Gasteiger partial charge in [-0.05, 0) is 49.3 Å². The molecule has 1 aromatic heterocycles. The van der Waals surface area contributed by atoms with E-state index in [1.807, 2.05) is 6.20 Å². The second-order valence-electron chi connectivity index (χ2n) is 4.51. The van der Waals surface area contributed by atoms with Crippen LogP contribution in [0.25, 0.3) is 0 Å². The molecule has 0 bridgehead atoms. The van der Waals surface area contributed by atoms with E-state index in [-0.39, 0.29) is 0 Å². The normalized spacial score (nSPS) is 13.3. The Kier molecular flexibility index (Phi) is 6.74. The highest BCUT2D eigenvalue weighted by atomic mass is 79.9. The summed E-state index contributed by atoms with van der Waals surface area (Å²) in [6.07, 6.45) is 5.30. The third-order valence-corrected chi connectivity index (χ3v) is 4.56. The van der Waals surface area contributed by atoms with Gasteiger partial charge in [-0.2, -0.15) is 5.10 Å². The molecule has 1 aromatic rings. The van der Waals surface area contributed by atoms with Crippen LogP contribution in [-0.2, 0) is 13.0 Å². The van der Waals surface area contributed by atoms with Crippen LogP contribution in [0, 0.1) is 0 Å². The number of rotatable bonds is 7. The Hall–Kier alpha value is 0.130. The minimum atomic E-state index is 0.603. The molecule has 17 heavy (non-hydrogen) atoms. The SMILES string of the molecule is CCC(Br)CCc1c(Br)cnn1CCN(C)C. The number of hydrogen-bond acceptors (Lipinski definition) is 2. The molecular formula is C12H21Br2N3. The number of halogens is 2. The highest BCUT2D eigenvalue weighted by molar-refractivity contribution is 9.10. The van der Waals surface area contributed by atoms with Crippen molar-refractivity contribution in [1.82, 2.24) is 14.7 Å². The lowest BCUT2D eigenvalue weighted by Gasteiger charge is -2.13. The second kappa shape index (κ2) is 7.54. The van der Waals surface area contributed by atoms with E-state index < -0.39 is 0 Å². The zero-order valence-electron chi connectivity index (χ0n) is 10.8. The molecule has 1 atom stereocenters. The van der Waals surface area contributed by atoms with Gasteiger partial charge in [-0.25, -0.2) is 0 Å². The van der Waals surface area contributed by atoms with Crippen LogP contribution in [-0.4, -0.2) is 40.1 Å². The molecule has 0 amide bonds. The molecule has 0 aliphatic heterocycles. The van der Waals surface area contributed by atoms with Crippen LogP contribution in [0.15, 0.2) is 10.7 Å². The van der Waals surface area contributed by atoms with E-state index >= 15 is 0 Å². The average molecular weight is 367 g/mol. The summed E-state index contributed by atoms with van der Waals surface area (Å²) in [4.78, 5) is 2.78. The summed E-state index contributed by atoms with van der Waals surface area (Å²) in [7, 11) is 4.17. The van der Waals surface area contributed by atoms with Gasteiger partial charge < -0.3 is 4.90 Å². The minimum absolute atomic E-state index is 0.603. The molecule has 1 heterocycles. The smallest absolute Gasteiger partial charge is 0.0635 e. The van der Waals surface area contributed by atoms with Crippen molar-refractivity contribution >= 4 is 31.9 Å². The summed E-state index contributed by atoms with van der Waals surface area (Å²) >= 11 is 7.26. The number of likely N-dealkylation sites (N-methyl/N-ethyl adjacent to an activating group) is 1. The van der Waals surface area contributed by atoms with Crippen molar-refractivity contribution in [2.24, 2.45) is 0 Å². The fourth-order valence-corrected chi connectivity index (χ4v) is 2.34. The van der Waals surface area contributed by atoms with Gasteiger partial charge in [-0.1, -0.05) is 22.9 Å². The predicted octanol–water partition coefficient (Wildman–Crippen LogP) is 3.31. The van der Waals surface area contributed by atoms with Crippen LogP contribution < -0.4 is 0 Å². The number of nitrogens with zero attached hydrogens (tertiary/aromatic N) is 3. The Balaban J connectivity index is 2.59. The third kappa shape index (κ3) is 5.10. The quantitative estimate of drug-likeness (QED) is 0.690. The Bertz CT molecular complexity index is 336. The average Bonchev–Trinajstić information content (AvgIpc) is 2.64. The van der Waals surface area contributed by atoms with Gasteiger partial charge in [0.2, 0.25) is 0 Å².